The molecule has 0 aromatic carbocycles. The van der Waals surface area contributed by atoms with E-state index in [9.17, 15) is 9.59 Å². The zero-order chi connectivity index (χ0) is 10.7. The van der Waals surface area contributed by atoms with Crippen molar-refractivity contribution in [3.63, 3.8) is 0 Å². The zero-order valence-electron chi connectivity index (χ0n) is 8.14. The van der Waals surface area contributed by atoms with E-state index < -0.39 is 11.9 Å². The molecule has 1 saturated carbocycles. The van der Waals surface area contributed by atoms with Gasteiger partial charge in [0, 0.05) is 6.04 Å². The molecule has 0 bridgehead atoms. The molecule has 1 aliphatic rings. The predicted octanol–water partition coefficient (Wildman–Crippen LogP) is 0.256. The average Bonchev–Trinajstić information content (AvgIpc) is 2.82. The maximum absolute atomic E-state index is 10.5. The SMILES string of the molecule is CC(C1CC1)N(CC(=O)O)CC(=O)O. The van der Waals surface area contributed by atoms with Crippen molar-refractivity contribution in [1.29, 1.82) is 0 Å². The Morgan fingerprint density at radius 3 is 2.00 bits per heavy atom. The molecule has 1 fully saturated rings. The molecule has 80 valence electrons. The first-order chi connectivity index (χ1) is 6.50. The molecule has 5 nitrogen and oxygen atoms in total. The maximum atomic E-state index is 10.5. The normalized spacial score (nSPS) is 18.1. The van der Waals surface area contributed by atoms with Crippen LogP contribution in [0.15, 0.2) is 0 Å². The van der Waals surface area contributed by atoms with Crippen LogP contribution in [0.2, 0.25) is 0 Å². The summed E-state index contributed by atoms with van der Waals surface area (Å²) in [4.78, 5) is 22.5. The molecule has 2 N–H and O–H groups in total. The van der Waals surface area contributed by atoms with Crippen LogP contribution in [0.3, 0.4) is 0 Å². The van der Waals surface area contributed by atoms with Crippen molar-refractivity contribution >= 4 is 11.9 Å². The number of hydrogen-bond donors (Lipinski definition) is 2. The number of nitrogens with zero attached hydrogens (tertiary/aromatic N) is 1. The number of carbonyl (C=O) groups is 2. The Hall–Kier alpha value is -1.10. The van der Waals surface area contributed by atoms with E-state index in [1.807, 2.05) is 6.92 Å². The molecule has 0 spiro atoms. The van der Waals surface area contributed by atoms with Crippen LogP contribution in [0.1, 0.15) is 19.8 Å². The Balaban J connectivity index is 2.49. The molecule has 0 radical (unpaired) electrons. The van der Waals surface area contributed by atoms with E-state index in [-0.39, 0.29) is 19.1 Å². The number of carboxylic acids is 2. The van der Waals surface area contributed by atoms with Crippen LogP contribution in [0.25, 0.3) is 0 Å². The highest BCUT2D eigenvalue weighted by molar-refractivity contribution is 5.72. The first-order valence-electron chi connectivity index (χ1n) is 4.68. The Morgan fingerprint density at radius 2 is 1.71 bits per heavy atom. The summed E-state index contributed by atoms with van der Waals surface area (Å²) in [6, 6.07) is 0.0576. The molecule has 0 aliphatic heterocycles. The van der Waals surface area contributed by atoms with Gasteiger partial charge in [0.15, 0.2) is 0 Å². The lowest BCUT2D eigenvalue weighted by atomic mass is 10.2. The van der Waals surface area contributed by atoms with Crippen LogP contribution in [-0.4, -0.2) is 46.2 Å². The molecule has 1 aliphatic carbocycles. The van der Waals surface area contributed by atoms with Crippen molar-refractivity contribution in [3.05, 3.63) is 0 Å². The molecule has 5 heteroatoms. The minimum Gasteiger partial charge on any atom is -0.480 e. The monoisotopic (exact) mass is 201 g/mol. The second-order valence-electron chi connectivity index (χ2n) is 3.77. The Labute approximate surface area is 82.3 Å². The van der Waals surface area contributed by atoms with Gasteiger partial charge in [0.05, 0.1) is 13.1 Å². The summed E-state index contributed by atoms with van der Waals surface area (Å²) in [7, 11) is 0. The average molecular weight is 201 g/mol. The van der Waals surface area contributed by atoms with Crippen molar-refractivity contribution < 1.29 is 19.8 Å². The smallest absolute Gasteiger partial charge is 0.317 e. The van der Waals surface area contributed by atoms with Gasteiger partial charge in [-0.25, -0.2) is 0 Å². The van der Waals surface area contributed by atoms with E-state index in [2.05, 4.69) is 0 Å². The van der Waals surface area contributed by atoms with E-state index in [0.29, 0.717) is 5.92 Å². The molecular weight excluding hydrogens is 186 g/mol. The van der Waals surface area contributed by atoms with Gasteiger partial charge in [0.25, 0.3) is 0 Å². The second-order valence-corrected chi connectivity index (χ2v) is 3.77. The van der Waals surface area contributed by atoms with Crippen molar-refractivity contribution in [1.82, 2.24) is 4.90 Å². The Kier molecular flexibility index (Phi) is 3.46. The lowest BCUT2D eigenvalue weighted by molar-refractivity contribution is -0.142. The van der Waals surface area contributed by atoms with Gasteiger partial charge >= 0.3 is 11.9 Å². The van der Waals surface area contributed by atoms with Gasteiger partial charge in [-0.2, -0.15) is 0 Å². The van der Waals surface area contributed by atoms with Gasteiger partial charge in [-0.3, -0.25) is 14.5 Å². The molecule has 0 saturated heterocycles. The van der Waals surface area contributed by atoms with Crippen molar-refractivity contribution in [3.8, 4) is 0 Å². The zero-order valence-corrected chi connectivity index (χ0v) is 8.14. The summed E-state index contributed by atoms with van der Waals surface area (Å²) in [5.74, 6) is -1.47. The highest BCUT2D eigenvalue weighted by atomic mass is 16.4. The van der Waals surface area contributed by atoms with E-state index in [1.165, 1.54) is 4.90 Å². The van der Waals surface area contributed by atoms with Gasteiger partial charge in [-0.15, -0.1) is 0 Å². The third kappa shape index (κ3) is 3.33. The molecule has 1 atom stereocenters. The quantitative estimate of drug-likeness (QED) is 0.644. The fraction of sp³-hybridized carbons (Fsp3) is 0.778. The van der Waals surface area contributed by atoms with Crippen LogP contribution in [0.5, 0.6) is 0 Å². The molecule has 0 aromatic rings. The number of aliphatic carboxylic acids is 2. The van der Waals surface area contributed by atoms with Gasteiger partial charge in [-0.05, 0) is 25.7 Å². The highest BCUT2D eigenvalue weighted by Gasteiger charge is 2.33. The van der Waals surface area contributed by atoms with E-state index >= 15 is 0 Å². The van der Waals surface area contributed by atoms with Gasteiger partial charge in [-0.1, -0.05) is 0 Å². The van der Waals surface area contributed by atoms with Crippen LogP contribution in [0.4, 0.5) is 0 Å². The van der Waals surface area contributed by atoms with Crippen LogP contribution < -0.4 is 0 Å². The fourth-order valence-electron chi connectivity index (χ4n) is 1.57. The number of hydrogen-bond acceptors (Lipinski definition) is 3. The lowest BCUT2D eigenvalue weighted by Gasteiger charge is -2.25. The predicted molar refractivity (Wildman–Crippen MR) is 49.0 cm³/mol. The van der Waals surface area contributed by atoms with Gasteiger partial charge in [0.2, 0.25) is 0 Å². The molecule has 0 heterocycles. The first kappa shape index (κ1) is 11.0. The topological polar surface area (TPSA) is 77.8 Å². The Morgan fingerprint density at radius 1 is 1.29 bits per heavy atom. The minimum absolute atomic E-state index is 0.0576. The van der Waals surface area contributed by atoms with Gasteiger partial charge in [0.1, 0.15) is 0 Å². The third-order valence-corrected chi connectivity index (χ3v) is 2.56. The van der Waals surface area contributed by atoms with Crippen molar-refractivity contribution in [2.75, 3.05) is 13.1 Å². The van der Waals surface area contributed by atoms with Crippen LogP contribution in [0, 0.1) is 5.92 Å². The van der Waals surface area contributed by atoms with Crippen LogP contribution >= 0.6 is 0 Å². The van der Waals surface area contributed by atoms with Gasteiger partial charge < -0.3 is 10.2 Å². The van der Waals surface area contributed by atoms with E-state index in [1.54, 1.807) is 0 Å². The standard InChI is InChI=1S/C9H15NO4/c1-6(7-2-3-7)10(4-8(11)12)5-9(13)14/h6-7H,2-5H2,1H3,(H,11,12)(H,13,14). The lowest BCUT2D eigenvalue weighted by Crippen LogP contribution is -2.41. The summed E-state index contributed by atoms with van der Waals surface area (Å²) in [5.41, 5.74) is 0. The van der Waals surface area contributed by atoms with E-state index in [0.717, 1.165) is 12.8 Å². The molecule has 1 rings (SSSR count). The third-order valence-electron chi connectivity index (χ3n) is 2.56. The summed E-state index contributed by atoms with van der Waals surface area (Å²) >= 11 is 0. The Bertz CT molecular complexity index is 221. The number of carboxylic acid groups (broad SMARTS) is 2. The summed E-state index contributed by atoms with van der Waals surface area (Å²) < 4.78 is 0. The highest BCUT2D eigenvalue weighted by Crippen LogP contribution is 2.34. The summed E-state index contributed by atoms with van der Waals surface area (Å²) in [6.07, 6.45) is 2.16. The fourth-order valence-corrected chi connectivity index (χ4v) is 1.57. The molecule has 0 amide bonds. The minimum atomic E-state index is -0.973. The summed E-state index contributed by atoms with van der Waals surface area (Å²) in [6.45, 7) is 1.51. The molecular formula is C9H15NO4. The first-order valence-corrected chi connectivity index (χ1v) is 4.68. The van der Waals surface area contributed by atoms with Crippen LogP contribution in [-0.2, 0) is 9.59 Å². The van der Waals surface area contributed by atoms with Crippen molar-refractivity contribution in [2.45, 2.75) is 25.8 Å². The largest absolute Gasteiger partial charge is 0.480 e. The van der Waals surface area contributed by atoms with Crippen molar-refractivity contribution in [2.24, 2.45) is 5.92 Å². The molecule has 1 unspecified atom stereocenters. The number of rotatable bonds is 6. The molecule has 0 aromatic heterocycles. The maximum Gasteiger partial charge on any atom is 0.317 e. The molecule has 14 heavy (non-hydrogen) atoms. The second kappa shape index (κ2) is 4.41. The summed E-state index contributed by atoms with van der Waals surface area (Å²) in [5, 5.41) is 17.2. The van der Waals surface area contributed by atoms with E-state index in [4.69, 9.17) is 10.2 Å².